The van der Waals surface area contributed by atoms with Gasteiger partial charge in [0.2, 0.25) is 0 Å². The lowest BCUT2D eigenvalue weighted by Gasteiger charge is -2.12. The molecule has 0 aliphatic rings. The van der Waals surface area contributed by atoms with Gasteiger partial charge in [-0.1, -0.05) is 47.6 Å². The number of hydrogen-bond donors (Lipinski definition) is 2. The monoisotopic (exact) mass is 477 g/mol. The van der Waals surface area contributed by atoms with Gasteiger partial charge in [0.05, 0.1) is 17.1 Å². The standard InChI is InChI=1S/C25H23N3O5S/c1-18-17-24(27-33-18)28-34(30,31)21-13-11-20(12-14-21)26-25(29)22-9-5-6-10-23(22)32-16-15-19-7-3-2-4-8-19/h2-14,17H,15-16H2,1H3,(H,26,29)(H,27,28). The Balaban J connectivity index is 1.40. The fourth-order valence-electron chi connectivity index (χ4n) is 3.23. The quantitative estimate of drug-likeness (QED) is 0.363. The van der Waals surface area contributed by atoms with Gasteiger partial charge in [-0.15, -0.1) is 0 Å². The molecule has 0 saturated heterocycles. The van der Waals surface area contributed by atoms with Gasteiger partial charge in [-0.25, -0.2) is 8.42 Å². The van der Waals surface area contributed by atoms with Gasteiger partial charge in [0, 0.05) is 18.2 Å². The summed E-state index contributed by atoms with van der Waals surface area (Å²) in [6.07, 6.45) is 0.717. The summed E-state index contributed by atoms with van der Waals surface area (Å²) in [5.41, 5.74) is 1.98. The number of benzene rings is 3. The highest BCUT2D eigenvalue weighted by atomic mass is 32.2. The molecule has 4 aromatic rings. The van der Waals surface area contributed by atoms with Crippen LogP contribution in [0.3, 0.4) is 0 Å². The molecule has 3 aromatic carbocycles. The van der Waals surface area contributed by atoms with Crippen molar-refractivity contribution in [2.75, 3.05) is 16.6 Å². The van der Waals surface area contributed by atoms with Crippen LogP contribution in [0.5, 0.6) is 5.75 Å². The van der Waals surface area contributed by atoms with E-state index in [0.29, 0.717) is 35.8 Å². The number of carbonyl (C=O) groups is 1. The van der Waals surface area contributed by atoms with Crippen LogP contribution in [0.25, 0.3) is 0 Å². The van der Waals surface area contributed by atoms with Crippen LogP contribution in [0, 0.1) is 6.92 Å². The number of aromatic nitrogens is 1. The van der Waals surface area contributed by atoms with E-state index in [4.69, 9.17) is 9.26 Å². The maximum atomic E-state index is 12.9. The molecule has 174 valence electrons. The summed E-state index contributed by atoms with van der Waals surface area (Å²) in [4.78, 5) is 12.9. The summed E-state index contributed by atoms with van der Waals surface area (Å²) in [5.74, 6) is 0.697. The highest BCUT2D eigenvalue weighted by molar-refractivity contribution is 7.92. The number of anilines is 2. The second-order valence-corrected chi connectivity index (χ2v) is 9.17. The first kappa shape index (κ1) is 23.1. The molecular formula is C25H23N3O5S. The van der Waals surface area contributed by atoms with Crippen molar-refractivity contribution in [1.82, 2.24) is 5.16 Å². The minimum Gasteiger partial charge on any atom is -0.492 e. The molecule has 0 unspecified atom stereocenters. The van der Waals surface area contributed by atoms with E-state index in [1.165, 1.54) is 30.3 Å². The van der Waals surface area contributed by atoms with Crippen LogP contribution in [0.2, 0.25) is 0 Å². The fraction of sp³-hybridized carbons (Fsp3) is 0.120. The molecule has 0 atom stereocenters. The molecule has 1 aromatic heterocycles. The van der Waals surface area contributed by atoms with Crippen LogP contribution in [-0.4, -0.2) is 26.1 Å². The maximum Gasteiger partial charge on any atom is 0.263 e. The largest absolute Gasteiger partial charge is 0.492 e. The molecule has 0 aliphatic heterocycles. The number of carbonyl (C=O) groups excluding carboxylic acids is 1. The summed E-state index contributed by atoms with van der Waals surface area (Å²) in [6, 6.07) is 24.2. The van der Waals surface area contributed by atoms with Crippen molar-refractivity contribution in [3.8, 4) is 5.75 Å². The molecule has 8 nitrogen and oxygen atoms in total. The van der Waals surface area contributed by atoms with Gasteiger partial charge in [0.25, 0.3) is 15.9 Å². The van der Waals surface area contributed by atoms with Gasteiger partial charge in [-0.05, 0) is 48.9 Å². The number of para-hydroxylation sites is 1. The van der Waals surface area contributed by atoms with Crippen LogP contribution >= 0.6 is 0 Å². The van der Waals surface area contributed by atoms with Crippen molar-refractivity contribution in [3.05, 3.63) is 102 Å². The second kappa shape index (κ2) is 10.2. The molecule has 0 aliphatic carbocycles. The SMILES string of the molecule is Cc1cc(NS(=O)(=O)c2ccc(NC(=O)c3ccccc3OCCc3ccccc3)cc2)no1. The first-order valence-corrected chi connectivity index (χ1v) is 12.0. The van der Waals surface area contributed by atoms with Crippen LogP contribution in [-0.2, 0) is 16.4 Å². The number of aryl methyl sites for hydroxylation is 1. The smallest absolute Gasteiger partial charge is 0.263 e. The molecule has 0 radical (unpaired) electrons. The number of rotatable bonds is 9. The average molecular weight is 478 g/mol. The lowest BCUT2D eigenvalue weighted by molar-refractivity contribution is 0.102. The molecular weight excluding hydrogens is 454 g/mol. The molecule has 1 heterocycles. The Morgan fingerprint density at radius 3 is 2.38 bits per heavy atom. The lowest BCUT2D eigenvalue weighted by Crippen LogP contribution is -2.15. The van der Waals surface area contributed by atoms with E-state index >= 15 is 0 Å². The van der Waals surface area contributed by atoms with Gasteiger partial charge in [0.15, 0.2) is 5.82 Å². The summed E-state index contributed by atoms with van der Waals surface area (Å²) in [6.45, 7) is 2.09. The predicted molar refractivity (Wildman–Crippen MR) is 129 cm³/mol. The number of ether oxygens (including phenoxy) is 1. The molecule has 0 bridgehead atoms. The summed E-state index contributed by atoms with van der Waals surface area (Å²) in [5, 5.41) is 6.41. The number of hydrogen-bond acceptors (Lipinski definition) is 6. The number of nitrogens with zero attached hydrogens (tertiary/aromatic N) is 1. The first-order valence-electron chi connectivity index (χ1n) is 10.5. The number of amides is 1. The minimum atomic E-state index is -3.84. The third kappa shape index (κ3) is 5.81. The normalized spacial score (nSPS) is 11.1. The van der Waals surface area contributed by atoms with E-state index in [-0.39, 0.29) is 16.6 Å². The molecule has 4 rings (SSSR count). The molecule has 9 heteroatoms. The average Bonchev–Trinajstić information content (AvgIpc) is 3.24. The Bertz CT molecular complexity index is 1370. The van der Waals surface area contributed by atoms with Gasteiger partial charge in [-0.2, -0.15) is 0 Å². The zero-order valence-electron chi connectivity index (χ0n) is 18.4. The molecule has 2 N–H and O–H groups in total. The highest BCUT2D eigenvalue weighted by Crippen LogP contribution is 2.22. The predicted octanol–water partition coefficient (Wildman–Crippen LogP) is 4.66. The topological polar surface area (TPSA) is 111 Å². The zero-order chi connectivity index (χ0) is 24.0. The van der Waals surface area contributed by atoms with Gasteiger partial charge in [-0.3, -0.25) is 9.52 Å². The summed E-state index contributed by atoms with van der Waals surface area (Å²) < 4.78 is 38.1. The van der Waals surface area contributed by atoms with Crippen molar-refractivity contribution in [1.29, 1.82) is 0 Å². The molecule has 34 heavy (non-hydrogen) atoms. The van der Waals surface area contributed by atoms with Crippen molar-refractivity contribution in [2.24, 2.45) is 0 Å². The highest BCUT2D eigenvalue weighted by Gasteiger charge is 2.17. The molecule has 1 amide bonds. The first-order chi connectivity index (χ1) is 16.4. The zero-order valence-corrected chi connectivity index (χ0v) is 19.2. The Morgan fingerprint density at radius 2 is 1.68 bits per heavy atom. The van der Waals surface area contributed by atoms with Crippen molar-refractivity contribution >= 4 is 27.4 Å². The molecule has 0 fully saturated rings. The van der Waals surface area contributed by atoms with Gasteiger partial charge >= 0.3 is 0 Å². The Kier molecular flexibility index (Phi) is 6.93. The van der Waals surface area contributed by atoms with Crippen LogP contribution in [0.4, 0.5) is 11.5 Å². The lowest BCUT2D eigenvalue weighted by atomic mass is 10.1. The maximum absolute atomic E-state index is 12.9. The summed E-state index contributed by atoms with van der Waals surface area (Å²) in [7, 11) is -3.84. The van der Waals surface area contributed by atoms with E-state index in [1.807, 2.05) is 30.3 Å². The number of sulfonamides is 1. The van der Waals surface area contributed by atoms with Crippen molar-refractivity contribution in [3.63, 3.8) is 0 Å². The number of nitrogens with one attached hydrogen (secondary N) is 2. The van der Waals surface area contributed by atoms with E-state index in [9.17, 15) is 13.2 Å². The van der Waals surface area contributed by atoms with Crippen LogP contribution in [0.1, 0.15) is 21.7 Å². The second-order valence-electron chi connectivity index (χ2n) is 7.49. The third-order valence-corrected chi connectivity index (χ3v) is 6.28. The van der Waals surface area contributed by atoms with E-state index in [0.717, 1.165) is 5.56 Å². The van der Waals surface area contributed by atoms with E-state index < -0.39 is 10.0 Å². The Morgan fingerprint density at radius 1 is 0.971 bits per heavy atom. The molecule has 0 saturated carbocycles. The van der Waals surface area contributed by atoms with Gasteiger partial charge < -0.3 is 14.6 Å². The Hall–Kier alpha value is -4.11. The van der Waals surface area contributed by atoms with E-state index in [2.05, 4.69) is 15.2 Å². The summed E-state index contributed by atoms with van der Waals surface area (Å²) >= 11 is 0. The molecule has 0 spiro atoms. The minimum absolute atomic E-state index is 0.0239. The van der Waals surface area contributed by atoms with Crippen molar-refractivity contribution < 1.29 is 22.5 Å². The van der Waals surface area contributed by atoms with Crippen LogP contribution in [0.15, 0.2) is 94.3 Å². The van der Waals surface area contributed by atoms with E-state index in [1.54, 1.807) is 31.2 Å². The third-order valence-electron chi connectivity index (χ3n) is 4.91. The van der Waals surface area contributed by atoms with Crippen LogP contribution < -0.4 is 14.8 Å². The van der Waals surface area contributed by atoms with Crippen molar-refractivity contribution in [2.45, 2.75) is 18.2 Å². The fourth-order valence-corrected chi connectivity index (χ4v) is 4.21. The Labute approximate surface area is 197 Å². The van der Waals surface area contributed by atoms with Gasteiger partial charge in [0.1, 0.15) is 11.5 Å².